The number of hydrogen-bond donors (Lipinski definition) is 1. The molecule has 2 aromatic carbocycles. The van der Waals surface area contributed by atoms with Gasteiger partial charge in [-0.1, -0.05) is 22.4 Å². The van der Waals surface area contributed by atoms with Crippen molar-refractivity contribution in [2.24, 2.45) is 10.2 Å². The van der Waals surface area contributed by atoms with Gasteiger partial charge in [0.25, 0.3) is 0 Å². The van der Waals surface area contributed by atoms with Crippen molar-refractivity contribution in [2.75, 3.05) is 31.5 Å². The molecular weight excluding hydrogens is 424 g/mol. The summed E-state index contributed by atoms with van der Waals surface area (Å²) in [6.45, 7) is 4.83. The van der Waals surface area contributed by atoms with E-state index in [-0.39, 0.29) is 0 Å². The van der Waals surface area contributed by atoms with Gasteiger partial charge in [-0.25, -0.2) is 0 Å². The summed E-state index contributed by atoms with van der Waals surface area (Å²) in [6.07, 6.45) is 10.1. The van der Waals surface area contributed by atoms with E-state index in [0.29, 0.717) is 0 Å². The number of benzene rings is 2. The summed E-state index contributed by atoms with van der Waals surface area (Å²) in [6, 6.07) is 12.3. The Morgan fingerprint density at radius 2 is 1.59 bits per heavy atom. The molecule has 0 saturated carbocycles. The zero-order chi connectivity index (χ0) is 19.9. The second-order valence-corrected chi connectivity index (χ2v) is 9.07. The average molecular weight is 455 g/mol. The Morgan fingerprint density at radius 1 is 0.828 bits per heavy atom. The minimum Gasteiger partial charge on any atom is -0.385 e. The predicted octanol–water partition coefficient (Wildman–Crippen LogP) is 7.03. The van der Waals surface area contributed by atoms with Crippen LogP contribution in [0.4, 0.5) is 17.1 Å². The largest absolute Gasteiger partial charge is 0.385 e. The molecule has 0 radical (unpaired) electrons. The van der Waals surface area contributed by atoms with Crippen molar-refractivity contribution < 1.29 is 0 Å². The van der Waals surface area contributed by atoms with Crippen LogP contribution in [0.5, 0.6) is 0 Å². The number of nitrogens with one attached hydrogen (secondary N) is 1. The Balaban J connectivity index is 1.40. The molecule has 2 aromatic rings. The van der Waals surface area contributed by atoms with Crippen LogP contribution in [-0.2, 0) is 12.8 Å². The molecule has 1 saturated heterocycles. The number of nitrogens with zero attached hydrogens (tertiary/aromatic N) is 3. The molecule has 0 atom stereocenters. The van der Waals surface area contributed by atoms with Crippen molar-refractivity contribution in [1.82, 2.24) is 4.90 Å². The fourth-order valence-corrected chi connectivity index (χ4v) is 4.70. The van der Waals surface area contributed by atoms with E-state index < -0.39 is 0 Å². The van der Waals surface area contributed by atoms with E-state index in [1.54, 1.807) is 0 Å². The summed E-state index contributed by atoms with van der Waals surface area (Å²) in [7, 11) is 0. The molecule has 0 spiro atoms. The first-order valence-electron chi connectivity index (χ1n) is 11.1. The Hall–Kier alpha value is -1.72. The molecule has 29 heavy (non-hydrogen) atoms. The van der Waals surface area contributed by atoms with Gasteiger partial charge < -0.3 is 10.2 Å². The van der Waals surface area contributed by atoms with Crippen molar-refractivity contribution in [2.45, 2.75) is 51.4 Å². The zero-order valence-corrected chi connectivity index (χ0v) is 18.8. The maximum atomic E-state index is 4.59. The topological polar surface area (TPSA) is 40.0 Å². The third-order valence-electron chi connectivity index (χ3n) is 6.03. The summed E-state index contributed by atoms with van der Waals surface area (Å²) < 4.78 is 1.06. The Bertz CT molecular complexity index is 826. The number of hydrogen-bond acceptors (Lipinski definition) is 4. The normalized spacial score (nSPS) is 17.4. The Labute approximate surface area is 182 Å². The molecule has 0 bridgehead atoms. The first kappa shape index (κ1) is 20.5. The molecule has 4 rings (SSSR count). The molecule has 154 valence electrons. The lowest BCUT2D eigenvalue weighted by Gasteiger charge is -2.26. The third kappa shape index (κ3) is 5.67. The van der Waals surface area contributed by atoms with Gasteiger partial charge in [0.15, 0.2) is 0 Å². The number of piperidine rings is 1. The molecule has 0 unspecified atom stereocenters. The van der Waals surface area contributed by atoms with Crippen molar-refractivity contribution in [3.63, 3.8) is 0 Å². The Kier molecular flexibility index (Phi) is 7.33. The van der Waals surface area contributed by atoms with Crippen LogP contribution in [0.3, 0.4) is 0 Å². The van der Waals surface area contributed by atoms with E-state index in [0.717, 1.165) is 35.2 Å². The number of halogens is 1. The summed E-state index contributed by atoms with van der Waals surface area (Å²) in [5.74, 6) is 0. The first-order chi connectivity index (χ1) is 14.3. The van der Waals surface area contributed by atoms with Gasteiger partial charge in [0.1, 0.15) is 0 Å². The fraction of sp³-hybridized carbons (Fsp3) is 0.500. The molecule has 5 heteroatoms. The van der Waals surface area contributed by atoms with Crippen LogP contribution in [0.15, 0.2) is 51.1 Å². The van der Waals surface area contributed by atoms with E-state index in [9.17, 15) is 0 Å². The zero-order valence-electron chi connectivity index (χ0n) is 17.2. The quantitative estimate of drug-likeness (QED) is 0.360. The standard InChI is InChI=1S/C24H31BrN4/c25-19-9-11-20(12-10-19)27-28-24-14-13-23(21-7-2-3-8-22(21)24)26-15-6-18-29-16-4-1-5-17-29/h9-14,26H,1-8,15-18H2. The van der Waals surface area contributed by atoms with Crippen LogP contribution in [0.25, 0.3) is 0 Å². The molecule has 0 amide bonds. The highest BCUT2D eigenvalue weighted by molar-refractivity contribution is 9.10. The lowest BCUT2D eigenvalue weighted by atomic mass is 9.89. The van der Waals surface area contributed by atoms with Crippen molar-refractivity contribution >= 4 is 33.0 Å². The van der Waals surface area contributed by atoms with Crippen LogP contribution in [0.2, 0.25) is 0 Å². The SMILES string of the molecule is Brc1ccc(N=Nc2ccc(NCCCN3CCCCC3)c3c2CCCC3)cc1. The number of rotatable bonds is 7. The average Bonchev–Trinajstić information content (AvgIpc) is 2.77. The molecular formula is C24H31BrN4. The van der Waals surface area contributed by atoms with Gasteiger partial charge in [0.05, 0.1) is 11.4 Å². The highest BCUT2D eigenvalue weighted by Crippen LogP contribution is 2.36. The molecule has 1 heterocycles. The minimum absolute atomic E-state index is 0.887. The third-order valence-corrected chi connectivity index (χ3v) is 6.55. The molecule has 1 aliphatic heterocycles. The lowest BCUT2D eigenvalue weighted by Crippen LogP contribution is -2.31. The smallest absolute Gasteiger partial charge is 0.0893 e. The van der Waals surface area contributed by atoms with Crippen LogP contribution in [0.1, 0.15) is 49.7 Å². The first-order valence-corrected chi connectivity index (χ1v) is 11.9. The number of anilines is 1. The summed E-state index contributed by atoms with van der Waals surface area (Å²) in [5, 5.41) is 12.8. The van der Waals surface area contributed by atoms with Gasteiger partial charge in [-0.3, -0.25) is 0 Å². The maximum Gasteiger partial charge on any atom is 0.0893 e. The molecule has 2 aliphatic rings. The lowest BCUT2D eigenvalue weighted by molar-refractivity contribution is 0.228. The molecule has 1 aliphatic carbocycles. The van der Waals surface area contributed by atoms with Gasteiger partial charge in [-0.15, -0.1) is 0 Å². The number of fused-ring (bicyclic) bond motifs is 1. The summed E-state index contributed by atoms with van der Waals surface area (Å²) in [5.41, 5.74) is 6.07. The van der Waals surface area contributed by atoms with E-state index >= 15 is 0 Å². The van der Waals surface area contributed by atoms with E-state index in [4.69, 9.17) is 0 Å². The number of likely N-dealkylation sites (tertiary alicyclic amines) is 1. The van der Waals surface area contributed by atoms with Crippen molar-refractivity contribution in [3.05, 3.63) is 52.0 Å². The van der Waals surface area contributed by atoms with E-state index in [1.807, 2.05) is 24.3 Å². The van der Waals surface area contributed by atoms with Crippen LogP contribution < -0.4 is 5.32 Å². The van der Waals surface area contributed by atoms with Gasteiger partial charge in [-0.2, -0.15) is 10.2 Å². The van der Waals surface area contributed by atoms with E-state index in [1.165, 1.54) is 75.0 Å². The maximum absolute atomic E-state index is 4.59. The van der Waals surface area contributed by atoms with Crippen LogP contribution in [-0.4, -0.2) is 31.1 Å². The van der Waals surface area contributed by atoms with E-state index in [2.05, 4.69) is 48.5 Å². The second kappa shape index (κ2) is 10.4. The Morgan fingerprint density at radius 3 is 2.38 bits per heavy atom. The predicted molar refractivity (Wildman–Crippen MR) is 125 cm³/mol. The fourth-order valence-electron chi connectivity index (χ4n) is 4.44. The number of azo groups is 1. The molecule has 0 aromatic heterocycles. The second-order valence-electron chi connectivity index (χ2n) is 8.16. The van der Waals surface area contributed by atoms with Crippen molar-refractivity contribution in [3.8, 4) is 0 Å². The van der Waals surface area contributed by atoms with Gasteiger partial charge in [0, 0.05) is 16.7 Å². The van der Waals surface area contributed by atoms with Gasteiger partial charge in [0.2, 0.25) is 0 Å². The summed E-state index contributed by atoms with van der Waals surface area (Å²) >= 11 is 3.47. The van der Waals surface area contributed by atoms with Gasteiger partial charge >= 0.3 is 0 Å². The highest BCUT2D eigenvalue weighted by Gasteiger charge is 2.17. The van der Waals surface area contributed by atoms with Crippen LogP contribution in [0, 0.1) is 0 Å². The minimum atomic E-state index is 0.887. The highest BCUT2D eigenvalue weighted by atomic mass is 79.9. The van der Waals surface area contributed by atoms with Crippen molar-refractivity contribution in [1.29, 1.82) is 0 Å². The van der Waals surface area contributed by atoms with Gasteiger partial charge in [-0.05, 0) is 112 Å². The molecule has 1 N–H and O–H groups in total. The summed E-state index contributed by atoms with van der Waals surface area (Å²) in [4.78, 5) is 2.62. The molecule has 4 nitrogen and oxygen atoms in total. The molecule has 1 fully saturated rings. The van der Waals surface area contributed by atoms with Crippen LogP contribution >= 0.6 is 15.9 Å². The monoisotopic (exact) mass is 454 g/mol.